The molecule has 0 radical (unpaired) electrons. The number of aromatic nitrogens is 1. The third-order valence-electron chi connectivity index (χ3n) is 1.64. The normalized spacial score (nSPS) is 9.47. The van der Waals surface area contributed by atoms with Gasteiger partial charge in [-0.1, -0.05) is 19.1 Å². The van der Waals surface area contributed by atoms with Crippen LogP contribution in [-0.2, 0) is 11.2 Å². The number of carboxylic acids is 1. The number of aryl methyl sites for hydroxylation is 1. The summed E-state index contributed by atoms with van der Waals surface area (Å²) >= 11 is 0. The highest BCUT2D eigenvalue weighted by Crippen LogP contribution is 2.14. The van der Waals surface area contributed by atoms with Crippen LogP contribution in [-0.4, -0.2) is 16.1 Å². The number of oxazole rings is 1. The second-order valence-electron chi connectivity index (χ2n) is 2.95. The van der Waals surface area contributed by atoms with Crippen molar-refractivity contribution in [2.75, 3.05) is 0 Å². The van der Waals surface area contributed by atoms with Crippen molar-refractivity contribution < 1.29 is 14.3 Å². The van der Waals surface area contributed by atoms with Gasteiger partial charge in [-0.15, -0.1) is 0 Å². The Morgan fingerprint density at radius 2 is 2.07 bits per heavy atom. The highest BCUT2D eigenvalue weighted by molar-refractivity contribution is 5.72. The van der Waals surface area contributed by atoms with Gasteiger partial charge in [0.15, 0.2) is 11.5 Å². The number of para-hydroxylation sites is 2. The zero-order chi connectivity index (χ0) is 11.3. The molecule has 1 heterocycles. The number of aliphatic carboxylic acids is 1. The van der Waals surface area contributed by atoms with Crippen LogP contribution < -0.4 is 0 Å². The van der Waals surface area contributed by atoms with Crippen molar-refractivity contribution in [1.29, 1.82) is 0 Å². The van der Waals surface area contributed by atoms with Gasteiger partial charge in [-0.25, -0.2) is 4.98 Å². The molecule has 80 valence electrons. The summed E-state index contributed by atoms with van der Waals surface area (Å²) in [7, 11) is 0. The fraction of sp³-hybridized carbons (Fsp3) is 0.273. The first-order valence-electron chi connectivity index (χ1n) is 4.67. The van der Waals surface area contributed by atoms with Crippen LogP contribution in [0.15, 0.2) is 28.7 Å². The largest absolute Gasteiger partial charge is 0.481 e. The molecule has 4 heteroatoms. The van der Waals surface area contributed by atoms with Crippen molar-refractivity contribution in [2.24, 2.45) is 0 Å². The van der Waals surface area contributed by atoms with Gasteiger partial charge >= 0.3 is 0 Å². The maximum Gasteiger partial charge on any atom is 0.300 e. The molecule has 1 aromatic heterocycles. The summed E-state index contributed by atoms with van der Waals surface area (Å²) < 4.78 is 5.41. The predicted octanol–water partition coefficient (Wildman–Crippen LogP) is 2.48. The lowest BCUT2D eigenvalue weighted by Crippen LogP contribution is -1.78. The Morgan fingerprint density at radius 1 is 1.47 bits per heavy atom. The third-order valence-corrected chi connectivity index (χ3v) is 1.64. The van der Waals surface area contributed by atoms with E-state index in [2.05, 4.69) is 4.98 Å². The zero-order valence-corrected chi connectivity index (χ0v) is 8.73. The highest BCUT2D eigenvalue weighted by atomic mass is 16.4. The molecule has 0 aliphatic carbocycles. The topological polar surface area (TPSA) is 63.3 Å². The van der Waals surface area contributed by atoms with Gasteiger partial charge in [0, 0.05) is 13.3 Å². The Hall–Kier alpha value is -1.84. The molecule has 0 amide bonds. The second-order valence-corrected chi connectivity index (χ2v) is 2.95. The van der Waals surface area contributed by atoms with Crippen LogP contribution in [0.2, 0.25) is 0 Å². The average Bonchev–Trinajstić information content (AvgIpc) is 2.59. The summed E-state index contributed by atoms with van der Waals surface area (Å²) in [4.78, 5) is 13.3. The van der Waals surface area contributed by atoms with Crippen LogP contribution in [0.1, 0.15) is 19.7 Å². The van der Waals surface area contributed by atoms with Crippen LogP contribution in [0.5, 0.6) is 0 Å². The van der Waals surface area contributed by atoms with Gasteiger partial charge in [0.25, 0.3) is 5.97 Å². The van der Waals surface area contributed by atoms with Gasteiger partial charge < -0.3 is 9.52 Å². The number of fused-ring (bicyclic) bond motifs is 1. The summed E-state index contributed by atoms with van der Waals surface area (Å²) in [6, 6.07) is 7.80. The van der Waals surface area contributed by atoms with Crippen LogP contribution >= 0.6 is 0 Å². The van der Waals surface area contributed by atoms with Gasteiger partial charge in [-0.2, -0.15) is 0 Å². The van der Waals surface area contributed by atoms with Gasteiger partial charge in [-0.3, -0.25) is 4.79 Å². The maximum absolute atomic E-state index is 9.00. The first kappa shape index (κ1) is 11.2. The molecule has 1 N–H and O–H groups in total. The maximum atomic E-state index is 9.00. The van der Waals surface area contributed by atoms with E-state index in [1.807, 2.05) is 31.2 Å². The van der Waals surface area contributed by atoms with Crippen molar-refractivity contribution >= 4 is 17.1 Å². The van der Waals surface area contributed by atoms with E-state index in [-0.39, 0.29) is 0 Å². The fourth-order valence-corrected chi connectivity index (χ4v) is 1.07. The highest BCUT2D eigenvalue weighted by Gasteiger charge is 2.00. The lowest BCUT2D eigenvalue weighted by molar-refractivity contribution is -0.134. The Kier molecular flexibility index (Phi) is 3.85. The first-order chi connectivity index (χ1) is 7.13. The van der Waals surface area contributed by atoms with E-state index in [0.29, 0.717) is 0 Å². The summed E-state index contributed by atoms with van der Waals surface area (Å²) in [5.74, 6) is -0.0220. The lowest BCUT2D eigenvalue weighted by atomic mass is 10.3. The lowest BCUT2D eigenvalue weighted by Gasteiger charge is -1.80. The molecule has 0 saturated heterocycles. The molecule has 0 spiro atoms. The Balaban J connectivity index is 0.000000245. The quantitative estimate of drug-likeness (QED) is 0.780. The number of hydrogen-bond acceptors (Lipinski definition) is 3. The fourth-order valence-electron chi connectivity index (χ4n) is 1.07. The number of benzene rings is 1. The summed E-state index contributed by atoms with van der Waals surface area (Å²) in [6.45, 7) is 3.12. The molecular weight excluding hydrogens is 194 g/mol. The van der Waals surface area contributed by atoms with Crippen molar-refractivity contribution in [2.45, 2.75) is 20.3 Å². The monoisotopic (exact) mass is 207 g/mol. The second kappa shape index (κ2) is 5.14. The van der Waals surface area contributed by atoms with E-state index in [4.69, 9.17) is 14.3 Å². The molecule has 0 fully saturated rings. The molecule has 15 heavy (non-hydrogen) atoms. The van der Waals surface area contributed by atoms with E-state index in [1.54, 1.807) is 0 Å². The predicted molar refractivity (Wildman–Crippen MR) is 56.7 cm³/mol. The Bertz CT molecular complexity index is 411. The molecule has 0 unspecified atom stereocenters. The SMILES string of the molecule is CC(=O)O.CCc1nc2ccccc2o1. The molecule has 4 nitrogen and oxygen atoms in total. The number of rotatable bonds is 1. The minimum atomic E-state index is -0.833. The number of hydrogen-bond donors (Lipinski definition) is 1. The third kappa shape index (κ3) is 3.42. The summed E-state index contributed by atoms with van der Waals surface area (Å²) in [5, 5.41) is 7.42. The van der Waals surface area contributed by atoms with E-state index in [9.17, 15) is 0 Å². The van der Waals surface area contributed by atoms with Gasteiger partial charge in [-0.05, 0) is 12.1 Å². The minimum Gasteiger partial charge on any atom is -0.481 e. The first-order valence-corrected chi connectivity index (χ1v) is 4.67. The number of carbonyl (C=O) groups is 1. The molecule has 0 atom stereocenters. The molecule has 0 saturated carbocycles. The van der Waals surface area contributed by atoms with Crippen LogP contribution in [0.3, 0.4) is 0 Å². The van der Waals surface area contributed by atoms with E-state index in [0.717, 1.165) is 30.3 Å². The van der Waals surface area contributed by atoms with Crippen molar-refractivity contribution in [1.82, 2.24) is 4.98 Å². The summed E-state index contributed by atoms with van der Waals surface area (Å²) in [6.07, 6.45) is 0.856. The standard InChI is InChI=1S/C9H9NO.C2H4O2/c1-2-9-10-7-5-3-4-6-8(7)11-9;1-2(3)4/h3-6H,2H2,1H3;1H3,(H,3,4). The molecule has 1 aromatic carbocycles. The van der Waals surface area contributed by atoms with Crippen LogP contribution in [0, 0.1) is 0 Å². The van der Waals surface area contributed by atoms with Crippen molar-refractivity contribution in [3.8, 4) is 0 Å². The Labute approximate surface area is 87.5 Å². The van der Waals surface area contributed by atoms with E-state index >= 15 is 0 Å². The molecule has 0 aliphatic rings. The number of carboxylic acid groups (broad SMARTS) is 1. The molecule has 2 rings (SSSR count). The van der Waals surface area contributed by atoms with Gasteiger partial charge in [0.2, 0.25) is 0 Å². The molecule has 0 bridgehead atoms. The van der Waals surface area contributed by atoms with Gasteiger partial charge in [0.1, 0.15) is 5.52 Å². The van der Waals surface area contributed by atoms with Gasteiger partial charge in [0.05, 0.1) is 0 Å². The average molecular weight is 207 g/mol. The van der Waals surface area contributed by atoms with E-state index < -0.39 is 5.97 Å². The van der Waals surface area contributed by atoms with E-state index in [1.165, 1.54) is 0 Å². The van der Waals surface area contributed by atoms with Crippen molar-refractivity contribution in [3.63, 3.8) is 0 Å². The minimum absolute atomic E-state index is 0.811. The smallest absolute Gasteiger partial charge is 0.300 e. The Morgan fingerprint density at radius 3 is 2.60 bits per heavy atom. The van der Waals surface area contributed by atoms with Crippen LogP contribution in [0.25, 0.3) is 11.1 Å². The molecule has 2 aromatic rings. The number of nitrogens with zero attached hydrogens (tertiary/aromatic N) is 1. The van der Waals surface area contributed by atoms with Crippen LogP contribution in [0.4, 0.5) is 0 Å². The van der Waals surface area contributed by atoms with Crippen molar-refractivity contribution in [3.05, 3.63) is 30.2 Å². The molecular formula is C11H13NO3. The molecule has 0 aliphatic heterocycles. The summed E-state index contributed by atoms with van der Waals surface area (Å²) in [5.41, 5.74) is 1.83. The zero-order valence-electron chi connectivity index (χ0n) is 8.73.